The van der Waals surface area contributed by atoms with Crippen LogP contribution in [0.15, 0.2) is 60.8 Å². The first-order valence-corrected chi connectivity index (χ1v) is 12.8. The number of amides is 1. The summed E-state index contributed by atoms with van der Waals surface area (Å²) in [5.41, 5.74) is 1.57. The second-order valence-corrected chi connectivity index (χ2v) is 8.96. The second kappa shape index (κ2) is 14.5. The molecule has 3 aromatic rings. The van der Waals surface area contributed by atoms with Crippen LogP contribution in [0.3, 0.4) is 0 Å². The zero-order valence-corrected chi connectivity index (χ0v) is 23.8. The number of rotatable bonds is 13. The molecule has 2 aromatic carbocycles. The minimum atomic E-state index is -1.05. The third kappa shape index (κ3) is 8.10. The summed E-state index contributed by atoms with van der Waals surface area (Å²) >= 11 is 0. The number of carbonyl (C=O) groups is 3. The van der Waals surface area contributed by atoms with E-state index in [-0.39, 0.29) is 23.1 Å². The van der Waals surface area contributed by atoms with Gasteiger partial charge < -0.3 is 33.7 Å². The highest BCUT2D eigenvalue weighted by Crippen LogP contribution is 2.34. The summed E-state index contributed by atoms with van der Waals surface area (Å²) < 4.78 is 32.2. The molecular weight excluding hydrogens is 532 g/mol. The van der Waals surface area contributed by atoms with Crippen molar-refractivity contribution in [2.45, 2.75) is 38.8 Å². The Kier molecular flexibility index (Phi) is 10.9. The fourth-order valence-corrected chi connectivity index (χ4v) is 4.15. The molecular formula is C30H34N2O9. The molecule has 3 rings (SSSR count). The maximum absolute atomic E-state index is 13.2. The van der Waals surface area contributed by atoms with E-state index in [2.05, 4.69) is 10.3 Å². The van der Waals surface area contributed by atoms with E-state index in [1.807, 2.05) is 48.5 Å². The van der Waals surface area contributed by atoms with Gasteiger partial charge in [0.15, 0.2) is 17.2 Å². The Balaban J connectivity index is 1.80. The van der Waals surface area contributed by atoms with Crippen LogP contribution in [0.4, 0.5) is 0 Å². The smallest absolute Gasteiger partial charge is 0.328 e. The molecule has 0 bridgehead atoms. The molecule has 0 spiro atoms. The third-order valence-electron chi connectivity index (χ3n) is 6.15. The van der Waals surface area contributed by atoms with Gasteiger partial charge in [-0.15, -0.1) is 0 Å². The van der Waals surface area contributed by atoms with Crippen molar-refractivity contribution >= 4 is 17.8 Å². The fraction of sp³-hybridized carbons (Fsp3) is 0.333. The maximum atomic E-state index is 13.2. The van der Waals surface area contributed by atoms with Crippen molar-refractivity contribution < 1.29 is 42.8 Å². The van der Waals surface area contributed by atoms with Crippen LogP contribution in [0.2, 0.25) is 0 Å². The van der Waals surface area contributed by atoms with Crippen molar-refractivity contribution in [2.75, 3.05) is 28.1 Å². The molecule has 0 aliphatic heterocycles. The van der Waals surface area contributed by atoms with Crippen molar-refractivity contribution in [3.05, 3.63) is 77.6 Å². The molecule has 0 fully saturated rings. The summed E-state index contributed by atoms with van der Waals surface area (Å²) in [6, 6.07) is 15.4. The molecule has 1 amide bonds. The van der Waals surface area contributed by atoms with Crippen LogP contribution in [-0.4, -0.2) is 63.1 Å². The maximum Gasteiger partial charge on any atom is 0.328 e. The highest BCUT2D eigenvalue weighted by atomic mass is 16.7. The lowest BCUT2D eigenvalue weighted by molar-refractivity contribution is -0.151. The molecule has 0 saturated heterocycles. The van der Waals surface area contributed by atoms with Gasteiger partial charge in [-0.1, -0.05) is 24.3 Å². The van der Waals surface area contributed by atoms with Crippen molar-refractivity contribution in [2.24, 2.45) is 0 Å². The van der Waals surface area contributed by atoms with Gasteiger partial charge in [-0.05, 0) is 49.2 Å². The van der Waals surface area contributed by atoms with Crippen LogP contribution in [0.5, 0.6) is 23.0 Å². The van der Waals surface area contributed by atoms with Crippen LogP contribution in [-0.2, 0) is 19.1 Å². The van der Waals surface area contributed by atoms with Gasteiger partial charge in [0, 0.05) is 25.1 Å². The predicted molar refractivity (Wildman–Crippen MR) is 148 cm³/mol. The normalized spacial score (nSPS) is 12.1. The summed E-state index contributed by atoms with van der Waals surface area (Å²) in [5, 5.41) is 2.59. The average molecular weight is 567 g/mol. The molecule has 0 saturated carbocycles. The molecule has 0 unspecified atom stereocenters. The van der Waals surface area contributed by atoms with Crippen molar-refractivity contribution in [3.8, 4) is 23.0 Å². The Morgan fingerprint density at radius 1 is 0.878 bits per heavy atom. The summed E-state index contributed by atoms with van der Waals surface area (Å²) in [6.45, 7) is 4.04. The van der Waals surface area contributed by atoms with E-state index in [9.17, 15) is 14.4 Å². The van der Waals surface area contributed by atoms with E-state index in [1.54, 1.807) is 21.1 Å². The van der Waals surface area contributed by atoms with Crippen molar-refractivity contribution in [3.63, 3.8) is 0 Å². The van der Waals surface area contributed by atoms with Gasteiger partial charge in [-0.3, -0.25) is 9.59 Å². The van der Waals surface area contributed by atoms with Gasteiger partial charge in [0.1, 0.15) is 23.6 Å². The lowest BCUT2D eigenvalue weighted by Gasteiger charge is -2.27. The fourth-order valence-electron chi connectivity index (χ4n) is 4.15. The monoisotopic (exact) mass is 566 g/mol. The topological polar surface area (TPSA) is 132 Å². The molecule has 0 aliphatic carbocycles. The summed E-state index contributed by atoms with van der Waals surface area (Å²) in [4.78, 5) is 41.4. The second-order valence-electron chi connectivity index (χ2n) is 8.96. The Morgan fingerprint density at radius 2 is 1.49 bits per heavy atom. The number of methoxy groups -OCH3 is 3. The zero-order valence-electron chi connectivity index (χ0n) is 23.8. The SMILES string of the molecule is COc1cccc(C(c2cccc(OC)c2)[C@H](C)OC(=O)[C@H](C)NC(=O)c2nccc(OC)c2OCOC(C)=O)c1. The number of hydrogen-bond acceptors (Lipinski definition) is 10. The molecule has 1 aromatic heterocycles. The van der Waals surface area contributed by atoms with E-state index >= 15 is 0 Å². The molecule has 0 aliphatic rings. The summed E-state index contributed by atoms with van der Waals surface area (Å²) in [5.74, 6) is -0.833. The number of esters is 2. The van der Waals surface area contributed by atoms with Gasteiger partial charge >= 0.3 is 11.9 Å². The number of nitrogens with zero attached hydrogens (tertiary/aromatic N) is 1. The van der Waals surface area contributed by atoms with Crippen LogP contribution in [0.25, 0.3) is 0 Å². The van der Waals surface area contributed by atoms with E-state index < -0.39 is 36.8 Å². The molecule has 1 N–H and O–H groups in total. The standard InChI is InChI=1S/C30H34N2O9/c1-18(32-29(34)27-28(40-17-39-20(3)33)25(38-6)13-14-31-27)30(35)41-19(2)26(21-9-7-11-23(15-21)36-4)22-10-8-12-24(16-22)37-5/h7-16,18-19,26H,17H2,1-6H3,(H,32,34)/t18-,19-/m0/s1. The Labute approximate surface area is 238 Å². The predicted octanol–water partition coefficient (Wildman–Crippen LogP) is 3.89. The molecule has 218 valence electrons. The third-order valence-corrected chi connectivity index (χ3v) is 6.15. The number of pyridine rings is 1. The lowest BCUT2D eigenvalue weighted by Crippen LogP contribution is -2.41. The van der Waals surface area contributed by atoms with Crippen LogP contribution >= 0.6 is 0 Å². The van der Waals surface area contributed by atoms with Crippen LogP contribution in [0, 0.1) is 0 Å². The highest BCUT2D eigenvalue weighted by molar-refractivity contribution is 5.98. The number of nitrogens with one attached hydrogen (secondary N) is 1. The van der Waals surface area contributed by atoms with E-state index in [0.717, 1.165) is 11.1 Å². The number of ether oxygens (including phenoxy) is 6. The van der Waals surface area contributed by atoms with Gasteiger partial charge in [0.05, 0.1) is 21.3 Å². The first kappa shape index (κ1) is 30.7. The van der Waals surface area contributed by atoms with E-state index in [1.165, 1.54) is 33.2 Å². The first-order valence-electron chi connectivity index (χ1n) is 12.8. The molecule has 41 heavy (non-hydrogen) atoms. The van der Waals surface area contributed by atoms with Gasteiger partial charge in [-0.25, -0.2) is 9.78 Å². The minimum Gasteiger partial charge on any atom is -0.497 e. The Hall–Kier alpha value is -4.80. The lowest BCUT2D eigenvalue weighted by atomic mass is 9.87. The van der Waals surface area contributed by atoms with Gasteiger partial charge in [0.25, 0.3) is 5.91 Å². The van der Waals surface area contributed by atoms with Crippen molar-refractivity contribution in [1.29, 1.82) is 0 Å². The van der Waals surface area contributed by atoms with Crippen LogP contribution in [0.1, 0.15) is 48.3 Å². The molecule has 1 heterocycles. The Morgan fingerprint density at radius 3 is 2.02 bits per heavy atom. The van der Waals surface area contributed by atoms with Gasteiger partial charge in [-0.2, -0.15) is 0 Å². The molecule has 11 nitrogen and oxygen atoms in total. The minimum absolute atomic E-state index is 0.0428. The number of carbonyl (C=O) groups excluding carboxylic acids is 3. The number of hydrogen-bond donors (Lipinski definition) is 1. The van der Waals surface area contributed by atoms with E-state index in [4.69, 9.17) is 28.4 Å². The molecule has 11 heteroatoms. The number of benzene rings is 2. The summed E-state index contributed by atoms with van der Waals surface area (Å²) in [7, 11) is 4.55. The zero-order chi connectivity index (χ0) is 29.9. The molecule has 0 radical (unpaired) electrons. The Bertz CT molecular complexity index is 1310. The summed E-state index contributed by atoms with van der Waals surface area (Å²) in [6.07, 6.45) is 0.711. The highest BCUT2D eigenvalue weighted by Gasteiger charge is 2.29. The average Bonchev–Trinajstić information content (AvgIpc) is 2.97. The van der Waals surface area contributed by atoms with Crippen LogP contribution < -0.4 is 24.3 Å². The number of aromatic nitrogens is 1. The van der Waals surface area contributed by atoms with Crippen molar-refractivity contribution in [1.82, 2.24) is 10.3 Å². The largest absolute Gasteiger partial charge is 0.497 e. The first-order chi connectivity index (χ1) is 19.7. The van der Waals surface area contributed by atoms with Gasteiger partial charge in [0.2, 0.25) is 6.79 Å². The van der Waals surface area contributed by atoms with E-state index in [0.29, 0.717) is 11.5 Å². The molecule has 2 atom stereocenters. The quantitative estimate of drug-likeness (QED) is 0.240.